The van der Waals surface area contributed by atoms with E-state index in [1.54, 1.807) is 6.92 Å². The van der Waals surface area contributed by atoms with Crippen LogP contribution in [0.1, 0.15) is 15.2 Å². The summed E-state index contributed by atoms with van der Waals surface area (Å²) < 4.78 is 26.1. The lowest BCUT2D eigenvalue weighted by atomic mass is 10.3. The number of aromatic carboxylic acids is 1. The third-order valence-electron chi connectivity index (χ3n) is 2.10. The lowest BCUT2D eigenvalue weighted by molar-refractivity contribution is 0.0701. The van der Waals surface area contributed by atoms with Crippen LogP contribution in [0.15, 0.2) is 22.5 Å². The van der Waals surface area contributed by atoms with Crippen molar-refractivity contribution in [2.24, 2.45) is 0 Å². The molecular weight excluding hydrogens is 278 g/mol. The zero-order valence-electron chi connectivity index (χ0n) is 9.17. The lowest BCUT2D eigenvalue weighted by Gasteiger charge is -2.02. The molecule has 0 fully saturated rings. The smallest absolute Gasteiger partial charge is 0.346 e. The maximum Gasteiger partial charge on any atom is 0.346 e. The van der Waals surface area contributed by atoms with Gasteiger partial charge in [-0.05, 0) is 18.6 Å². The first kappa shape index (κ1) is 12.6. The van der Waals surface area contributed by atoms with Gasteiger partial charge in [-0.1, -0.05) is 0 Å². The molecule has 18 heavy (non-hydrogen) atoms. The molecule has 0 unspecified atom stereocenters. The Morgan fingerprint density at radius 2 is 2.28 bits per heavy atom. The molecule has 2 rings (SSSR count). The molecule has 0 saturated carbocycles. The Bertz CT molecular complexity index is 673. The lowest BCUT2D eigenvalue weighted by Crippen LogP contribution is -2.11. The van der Waals surface area contributed by atoms with Crippen LogP contribution in [0.25, 0.3) is 0 Å². The number of hydrogen-bond acceptors (Lipinski definition) is 5. The minimum absolute atomic E-state index is 0.0139. The second kappa shape index (κ2) is 4.42. The molecule has 0 spiro atoms. The molecule has 0 aliphatic carbocycles. The van der Waals surface area contributed by atoms with E-state index in [0.717, 1.165) is 0 Å². The summed E-state index contributed by atoms with van der Waals surface area (Å²) in [7, 11) is -3.78. The van der Waals surface area contributed by atoms with Gasteiger partial charge in [0.15, 0.2) is 0 Å². The minimum atomic E-state index is -3.78. The number of nitrogens with one attached hydrogen (secondary N) is 2. The monoisotopic (exact) mass is 287 g/mol. The van der Waals surface area contributed by atoms with Crippen LogP contribution in [0.4, 0.5) is 5.82 Å². The molecule has 96 valence electrons. The maximum atomic E-state index is 11.9. The number of carboxylic acid groups (broad SMARTS) is 1. The number of hydrogen-bond donors (Lipinski definition) is 3. The van der Waals surface area contributed by atoms with E-state index in [9.17, 15) is 13.2 Å². The number of carboxylic acids is 1. The Labute approximate surface area is 107 Å². The van der Waals surface area contributed by atoms with E-state index >= 15 is 0 Å². The van der Waals surface area contributed by atoms with Crippen molar-refractivity contribution in [1.29, 1.82) is 0 Å². The molecule has 0 bridgehead atoms. The van der Waals surface area contributed by atoms with Crippen molar-refractivity contribution < 1.29 is 18.3 Å². The summed E-state index contributed by atoms with van der Waals surface area (Å²) in [6.07, 6.45) is 1.40. The molecule has 2 heterocycles. The number of rotatable bonds is 4. The van der Waals surface area contributed by atoms with Crippen molar-refractivity contribution in [3.63, 3.8) is 0 Å². The highest BCUT2D eigenvalue weighted by Crippen LogP contribution is 2.27. The first-order chi connectivity index (χ1) is 8.40. The number of aromatic nitrogens is 2. The Kier molecular flexibility index (Phi) is 3.09. The summed E-state index contributed by atoms with van der Waals surface area (Å²) in [6.45, 7) is 1.55. The SMILES string of the molecule is Cc1cc(S(=O)(=O)Nc2ccn[nH]2)sc1C(=O)O. The van der Waals surface area contributed by atoms with Gasteiger partial charge < -0.3 is 5.11 Å². The summed E-state index contributed by atoms with van der Waals surface area (Å²) in [5.74, 6) is -0.918. The number of aromatic amines is 1. The van der Waals surface area contributed by atoms with Gasteiger partial charge in [0.1, 0.15) is 14.9 Å². The van der Waals surface area contributed by atoms with Gasteiger partial charge >= 0.3 is 5.97 Å². The first-order valence-corrected chi connectivity index (χ1v) is 7.06. The van der Waals surface area contributed by atoms with Crippen LogP contribution in [0.3, 0.4) is 0 Å². The molecule has 2 aromatic heterocycles. The largest absolute Gasteiger partial charge is 0.477 e. The summed E-state index contributed by atoms with van der Waals surface area (Å²) in [6, 6.07) is 2.78. The topological polar surface area (TPSA) is 112 Å². The van der Waals surface area contributed by atoms with Crippen LogP contribution in [0.2, 0.25) is 0 Å². The summed E-state index contributed by atoms with van der Waals surface area (Å²) >= 11 is 0.712. The zero-order valence-corrected chi connectivity index (χ0v) is 10.8. The fourth-order valence-corrected chi connectivity index (χ4v) is 3.70. The van der Waals surface area contributed by atoms with E-state index in [-0.39, 0.29) is 14.9 Å². The predicted molar refractivity (Wildman–Crippen MR) is 65.4 cm³/mol. The molecule has 9 heteroatoms. The Balaban J connectivity index is 2.36. The van der Waals surface area contributed by atoms with Crippen molar-refractivity contribution in [3.8, 4) is 0 Å². The molecule has 0 aromatic carbocycles. The van der Waals surface area contributed by atoms with Crippen molar-refractivity contribution >= 4 is 33.1 Å². The van der Waals surface area contributed by atoms with E-state index in [4.69, 9.17) is 5.11 Å². The Hall–Kier alpha value is -1.87. The second-order valence-corrected chi connectivity index (χ2v) is 6.42. The van der Waals surface area contributed by atoms with Crippen molar-refractivity contribution in [1.82, 2.24) is 10.2 Å². The summed E-state index contributed by atoms with van der Waals surface area (Å²) in [5.41, 5.74) is 0.414. The highest BCUT2D eigenvalue weighted by atomic mass is 32.2. The van der Waals surface area contributed by atoms with Gasteiger partial charge in [0, 0.05) is 6.07 Å². The van der Waals surface area contributed by atoms with Gasteiger partial charge in [0.25, 0.3) is 10.0 Å². The minimum Gasteiger partial charge on any atom is -0.477 e. The Morgan fingerprint density at radius 3 is 2.78 bits per heavy atom. The third kappa shape index (κ3) is 2.36. The highest BCUT2D eigenvalue weighted by molar-refractivity contribution is 7.94. The third-order valence-corrected chi connectivity index (χ3v) is 5.16. The number of H-pyrrole nitrogens is 1. The van der Waals surface area contributed by atoms with Crippen LogP contribution in [-0.4, -0.2) is 29.7 Å². The summed E-state index contributed by atoms with van der Waals surface area (Å²) in [4.78, 5) is 10.9. The molecule has 0 amide bonds. The van der Waals surface area contributed by atoms with Gasteiger partial charge in [-0.25, -0.2) is 13.2 Å². The second-order valence-electron chi connectivity index (χ2n) is 3.46. The highest BCUT2D eigenvalue weighted by Gasteiger charge is 2.22. The van der Waals surface area contributed by atoms with E-state index in [1.165, 1.54) is 18.3 Å². The normalized spacial score (nSPS) is 11.4. The molecule has 0 aliphatic rings. The number of sulfonamides is 1. The zero-order chi connectivity index (χ0) is 13.3. The molecule has 2 aromatic rings. The van der Waals surface area contributed by atoms with E-state index in [2.05, 4.69) is 14.9 Å². The van der Waals surface area contributed by atoms with E-state index < -0.39 is 16.0 Å². The van der Waals surface area contributed by atoms with Crippen molar-refractivity contribution in [3.05, 3.63) is 28.8 Å². The molecule has 3 N–H and O–H groups in total. The van der Waals surface area contributed by atoms with Crippen LogP contribution in [0, 0.1) is 6.92 Å². The number of nitrogens with zero attached hydrogens (tertiary/aromatic N) is 1. The van der Waals surface area contributed by atoms with E-state index in [1.807, 2.05) is 0 Å². The first-order valence-electron chi connectivity index (χ1n) is 4.76. The fraction of sp³-hybridized carbons (Fsp3) is 0.111. The van der Waals surface area contributed by atoms with E-state index in [0.29, 0.717) is 16.9 Å². The van der Waals surface area contributed by atoms with Gasteiger partial charge in [0.2, 0.25) is 0 Å². The number of anilines is 1. The average Bonchev–Trinajstić information content (AvgIpc) is 2.86. The standard InChI is InChI=1S/C9H9N3O4S2/c1-5-4-7(17-8(5)9(13)14)18(15,16)12-6-2-3-10-11-6/h2-4H,1H3,(H,13,14)(H2,10,11,12). The molecule has 0 saturated heterocycles. The average molecular weight is 287 g/mol. The van der Waals surface area contributed by atoms with Gasteiger partial charge in [-0.2, -0.15) is 5.10 Å². The molecule has 0 radical (unpaired) electrons. The van der Waals surface area contributed by atoms with Gasteiger partial charge in [-0.3, -0.25) is 9.82 Å². The maximum absolute atomic E-state index is 11.9. The van der Waals surface area contributed by atoms with Crippen LogP contribution in [-0.2, 0) is 10.0 Å². The fourth-order valence-electron chi connectivity index (χ4n) is 1.31. The van der Waals surface area contributed by atoms with Gasteiger partial charge in [-0.15, -0.1) is 11.3 Å². The molecule has 0 aliphatic heterocycles. The van der Waals surface area contributed by atoms with Crippen LogP contribution < -0.4 is 4.72 Å². The predicted octanol–water partition coefficient (Wildman–Crippen LogP) is 1.28. The number of thiophene rings is 1. The molecule has 0 atom stereocenters. The quantitative estimate of drug-likeness (QED) is 0.784. The molecular formula is C9H9N3O4S2. The van der Waals surface area contributed by atoms with Crippen molar-refractivity contribution in [2.75, 3.05) is 4.72 Å². The Morgan fingerprint density at radius 1 is 1.56 bits per heavy atom. The van der Waals surface area contributed by atoms with Crippen molar-refractivity contribution in [2.45, 2.75) is 11.1 Å². The molecule has 7 nitrogen and oxygen atoms in total. The van der Waals surface area contributed by atoms with Gasteiger partial charge in [0.05, 0.1) is 6.20 Å². The summed E-state index contributed by atoms with van der Waals surface area (Å²) in [5, 5.41) is 14.9. The number of aryl methyl sites for hydroxylation is 1. The number of carbonyl (C=O) groups is 1. The van der Waals surface area contributed by atoms with Crippen LogP contribution in [0.5, 0.6) is 0 Å². The van der Waals surface area contributed by atoms with Crippen LogP contribution >= 0.6 is 11.3 Å².